The average molecular weight is 270 g/mol. The van der Waals surface area contributed by atoms with Crippen molar-refractivity contribution in [3.05, 3.63) is 48.5 Å². The first-order valence-electron chi connectivity index (χ1n) is 6.68. The Kier molecular flexibility index (Phi) is 4.65. The van der Waals surface area contributed by atoms with Gasteiger partial charge in [-0.1, -0.05) is 0 Å². The van der Waals surface area contributed by atoms with Crippen LogP contribution in [0.15, 0.2) is 42.9 Å². The van der Waals surface area contributed by atoms with Gasteiger partial charge in [-0.15, -0.1) is 0 Å². The number of hydrogen-bond donors (Lipinski definition) is 1. The molecule has 2 heterocycles. The molecule has 1 amide bonds. The summed E-state index contributed by atoms with van der Waals surface area (Å²) in [5.74, 6) is -0.113. The topological polar surface area (TPSA) is 58.1 Å². The molecule has 0 aliphatic heterocycles. The van der Waals surface area contributed by atoms with Crippen molar-refractivity contribution in [2.24, 2.45) is 0 Å². The van der Waals surface area contributed by atoms with Gasteiger partial charge in [0.1, 0.15) is 5.69 Å². The molecule has 0 saturated carbocycles. The maximum Gasteiger partial charge on any atom is 0.276 e. The van der Waals surface area contributed by atoms with E-state index in [-0.39, 0.29) is 5.91 Å². The number of pyridine rings is 2. The summed E-state index contributed by atoms with van der Waals surface area (Å²) in [4.78, 5) is 22.4. The molecule has 0 fully saturated rings. The highest BCUT2D eigenvalue weighted by Gasteiger charge is 2.17. The van der Waals surface area contributed by atoms with Crippen LogP contribution in [-0.4, -0.2) is 29.0 Å². The third-order valence-electron chi connectivity index (χ3n) is 2.90. The van der Waals surface area contributed by atoms with Gasteiger partial charge in [-0.3, -0.25) is 14.8 Å². The van der Waals surface area contributed by atoms with Crippen molar-refractivity contribution in [2.45, 2.75) is 13.8 Å². The summed E-state index contributed by atoms with van der Waals surface area (Å²) in [7, 11) is 0. The summed E-state index contributed by atoms with van der Waals surface area (Å²) in [5.41, 5.74) is 2.15. The summed E-state index contributed by atoms with van der Waals surface area (Å²) >= 11 is 0. The Labute approximate surface area is 118 Å². The van der Waals surface area contributed by atoms with E-state index in [0.717, 1.165) is 17.9 Å². The van der Waals surface area contributed by atoms with Crippen LogP contribution in [0.25, 0.3) is 0 Å². The molecule has 0 aromatic carbocycles. The van der Waals surface area contributed by atoms with Crippen molar-refractivity contribution in [3.63, 3.8) is 0 Å². The van der Waals surface area contributed by atoms with Gasteiger partial charge >= 0.3 is 0 Å². The fraction of sp³-hybridized carbons (Fsp3) is 0.267. The zero-order valence-corrected chi connectivity index (χ0v) is 11.7. The highest BCUT2D eigenvalue weighted by atomic mass is 16.2. The molecule has 0 atom stereocenters. The third-order valence-corrected chi connectivity index (χ3v) is 2.90. The molecular formula is C15H18N4O. The van der Waals surface area contributed by atoms with Crippen molar-refractivity contribution in [1.82, 2.24) is 9.97 Å². The first kappa shape index (κ1) is 14.0. The minimum atomic E-state index is -0.113. The molecule has 104 valence electrons. The lowest BCUT2D eigenvalue weighted by Gasteiger charge is -2.20. The van der Waals surface area contributed by atoms with Gasteiger partial charge in [-0.25, -0.2) is 0 Å². The number of aromatic nitrogens is 2. The number of carbonyl (C=O) groups is 1. The molecule has 0 radical (unpaired) electrons. The van der Waals surface area contributed by atoms with Gasteiger partial charge in [-0.2, -0.15) is 0 Å². The lowest BCUT2D eigenvalue weighted by atomic mass is 10.2. The quantitative estimate of drug-likeness (QED) is 0.907. The summed E-state index contributed by atoms with van der Waals surface area (Å²) in [6, 6.07) is 7.25. The van der Waals surface area contributed by atoms with Gasteiger partial charge in [0.25, 0.3) is 5.91 Å². The molecule has 2 aromatic heterocycles. The molecule has 0 bridgehead atoms. The summed E-state index contributed by atoms with van der Waals surface area (Å²) in [6.07, 6.45) is 4.99. The highest BCUT2D eigenvalue weighted by Crippen LogP contribution is 2.16. The fourth-order valence-electron chi connectivity index (χ4n) is 1.97. The van der Waals surface area contributed by atoms with Crippen molar-refractivity contribution >= 4 is 17.3 Å². The SMILES string of the molecule is CCNc1ccnc(C(=O)N(CC)c2ccncc2)c1. The average Bonchev–Trinajstić information content (AvgIpc) is 2.50. The maximum atomic E-state index is 12.5. The van der Waals surface area contributed by atoms with Crippen molar-refractivity contribution in [1.29, 1.82) is 0 Å². The van der Waals surface area contributed by atoms with Crippen LogP contribution in [0.2, 0.25) is 0 Å². The number of nitrogens with zero attached hydrogens (tertiary/aromatic N) is 3. The molecule has 5 heteroatoms. The minimum absolute atomic E-state index is 0.113. The van der Waals surface area contributed by atoms with E-state index >= 15 is 0 Å². The zero-order chi connectivity index (χ0) is 14.4. The van der Waals surface area contributed by atoms with Crippen molar-refractivity contribution < 1.29 is 4.79 Å². The van der Waals surface area contributed by atoms with Crippen molar-refractivity contribution in [3.8, 4) is 0 Å². The van der Waals surface area contributed by atoms with E-state index < -0.39 is 0 Å². The second-order valence-electron chi connectivity index (χ2n) is 4.21. The predicted octanol–water partition coefficient (Wildman–Crippen LogP) is 2.58. The molecule has 2 aromatic rings. The first-order chi connectivity index (χ1) is 9.76. The molecule has 0 aliphatic rings. The van der Waals surface area contributed by atoms with E-state index in [1.165, 1.54) is 0 Å². The number of hydrogen-bond acceptors (Lipinski definition) is 4. The molecule has 5 nitrogen and oxygen atoms in total. The smallest absolute Gasteiger partial charge is 0.276 e. The predicted molar refractivity (Wildman–Crippen MR) is 80.0 cm³/mol. The number of amides is 1. The second-order valence-corrected chi connectivity index (χ2v) is 4.21. The van der Waals surface area contributed by atoms with Crippen LogP contribution in [0.3, 0.4) is 0 Å². The van der Waals surface area contributed by atoms with E-state index in [1.54, 1.807) is 29.6 Å². The Balaban J connectivity index is 2.27. The van der Waals surface area contributed by atoms with Gasteiger partial charge in [0.05, 0.1) is 0 Å². The molecule has 2 rings (SSSR count). The van der Waals surface area contributed by atoms with Crippen LogP contribution >= 0.6 is 0 Å². The summed E-state index contributed by atoms with van der Waals surface area (Å²) < 4.78 is 0. The fourth-order valence-corrected chi connectivity index (χ4v) is 1.97. The van der Waals surface area contributed by atoms with Crippen molar-refractivity contribution in [2.75, 3.05) is 23.3 Å². The maximum absolute atomic E-state index is 12.5. The van der Waals surface area contributed by atoms with Gasteiger partial charge in [-0.05, 0) is 38.1 Å². The largest absolute Gasteiger partial charge is 0.385 e. The number of anilines is 2. The Bertz CT molecular complexity index is 571. The first-order valence-corrected chi connectivity index (χ1v) is 6.68. The molecule has 1 N–H and O–H groups in total. The standard InChI is InChI=1S/C15H18N4O/c1-3-17-12-5-10-18-14(11-12)15(20)19(4-2)13-6-8-16-9-7-13/h5-11H,3-4H2,1-2H3,(H,17,18). The molecule has 0 aliphatic carbocycles. The lowest BCUT2D eigenvalue weighted by molar-refractivity contribution is 0.0983. The number of rotatable bonds is 5. The molecule has 0 saturated heterocycles. The highest BCUT2D eigenvalue weighted by molar-refractivity contribution is 6.05. The van der Waals surface area contributed by atoms with E-state index in [9.17, 15) is 4.79 Å². The van der Waals surface area contributed by atoms with E-state index in [2.05, 4.69) is 15.3 Å². The molecular weight excluding hydrogens is 252 g/mol. The minimum Gasteiger partial charge on any atom is -0.385 e. The molecule has 0 spiro atoms. The van der Waals surface area contributed by atoms with Crippen LogP contribution in [0.5, 0.6) is 0 Å². The lowest BCUT2D eigenvalue weighted by Crippen LogP contribution is -2.31. The van der Waals surface area contributed by atoms with Gasteiger partial charge in [0.15, 0.2) is 0 Å². The number of nitrogens with one attached hydrogen (secondary N) is 1. The van der Waals surface area contributed by atoms with Gasteiger partial charge < -0.3 is 10.2 Å². The Morgan fingerprint density at radius 1 is 1.20 bits per heavy atom. The van der Waals surface area contributed by atoms with Crippen LogP contribution in [0.1, 0.15) is 24.3 Å². The van der Waals surface area contributed by atoms with Gasteiger partial charge in [0.2, 0.25) is 0 Å². The summed E-state index contributed by atoms with van der Waals surface area (Å²) in [6.45, 7) is 5.33. The second kappa shape index (κ2) is 6.65. The van der Waals surface area contributed by atoms with E-state index in [4.69, 9.17) is 0 Å². The van der Waals surface area contributed by atoms with Crippen LogP contribution in [0.4, 0.5) is 11.4 Å². The summed E-state index contributed by atoms with van der Waals surface area (Å²) in [5, 5.41) is 3.18. The molecule has 0 unspecified atom stereocenters. The Hall–Kier alpha value is -2.43. The van der Waals surface area contributed by atoms with Crippen LogP contribution in [0, 0.1) is 0 Å². The molecule has 20 heavy (non-hydrogen) atoms. The van der Waals surface area contributed by atoms with Gasteiger partial charge in [0, 0.05) is 43.1 Å². The number of carbonyl (C=O) groups excluding carboxylic acids is 1. The van der Waals surface area contributed by atoms with Crippen LogP contribution in [-0.2, 0) is 0 Å². The normalized spacial score (nSPS) is 10.1. The van der Waals surface area contributed by atoms with Crippen LogP contribution < -0.4 is 10.2 Å². The zero-order valence-electron chi connectivity index (χ0n) is 11.7. The third kappa shape index (κ3) is 3.12. The Morgan fingerprint density at radius 2 is 1.95 bits per heavy atom. The Morgan fingerprint density at radius 3 is 2.60 bits per heavy atom. The van der Waals surface area contributed by atoms with E-state index in [1.807, 2.05) is 32.0 Å². The van der Waals surface area contributed by atoms with E-state index in [0.29, 0.717) is 12.2 Å². The monoisotopic (exact) mass is 270 g/mol.